The Morgan fingerprint density at radius 1 is 0.962 bits per heavy atom. The highest BCUT2D eigenvalue weighted by Crippen LogP contribution is 2.56. The van der Waals surface area contributed by atoms with E-state index in [9.17, 15) is 9.90 Å². The summed E-state index contributed by atoms with van der Waals surface area (Å²) in [4.78, 5) is 12.8. The van der Waals surface area contributed by atoms with Crippen molar-refractivity contribution in [3.8, 4) is 34.5 Å². The summed E-state index contributed by atoms with van der Waals surface area (Å²) in [7, 11) is 5.76. The van der Waals surface area contributed by atoms with E-state index in [2.05, 4.69) is 0 Å². The van der Waals surface area contributed by atoms with E-state index in [-0.39, 0.29) is 46.5 Å². The Kier molecular flexibility index (Phi) is 4.79. The van der Waals surface area contributed by atoms with Crippen LogP contribution in [0.2, 0.25) is 0 Å². The number of phenolic OH excluding ortho intramolecular Hbond substituents is 1. The molecule has 1 atom stereocenters. The van der Waals surface area contributed by atoms with Crippen molar-refractivity contribution in [3.05, 3.63) is 35.4 Å². The second-order valence-electron chi connectivity index (χ2n) is 5.63. The largest absolute Gasteiger partial charge is 0.504 e. The predicted octanol–water partition coefficient (Wildman–Crippen LogP) is 3.13. The molecule has 1 N–H and O–H groups in total. The summed E-state index contributed by atoms with van der Waals surface area (Å²) in [5.41, 5.74) is 0.746. The van der Waals surface area contributed by atoms with E-state index in [0.29, 0.717) is 5.75 Å². The van der Waals surface area contributed by atoms with Gasteiger partial charge in [0.2, 0.25) is 17.2 Å². The molecule has 0 fully saturated rings. The first-order valence-electron chi connectivity index (χ1n) is 7.94. The third-order valence-corrected chi connectivity index (χ3v) is 4.31. The van der Waals surface area contributed by atoms with Crippen molar-refractivity contribution in [2.24, 2.45) is 0 Å². The fourth-order valence-electron chi connectivity index (χ4n) is 3.14. The number of methoxy groups -OCH3 is 4. The Balaban J connectivity index is 2.18. The molecule has 0 aromatic heterocycles. The summed E-state index contributed by atoms with van der Waals surface area (Å²) >= 11 is 0. The average molecular weight is 360 g/mol. The molecule has 0 bridgehead atoms. The molecule has 1 heterocycles. The fourth-order valence-corrected chi connectivity index (χ4v) is 3.14. The van der Waals surface area contributed by atoms with Gasteiger partial charge < -0.3 is 28.8 Å². The molecule has 0 unspecified atom stereocenters. The molecular formula is C19H20O7. The number of rotatable bonds is 5. The molecule has 26 heavy (non-hydrogen) atoms. The molecule has 0 spiro atoms. The molecule has 0 radical (unpaired) electrons. The quantitative estimate of drug-likeness (QED) is 0.877. The smallest absolute Gasteiger partial charge is 0.211 e. The van der Waals surface area contributed by atoms with Crippen LogP contribution in [-0.2, 0) is 0 Å². The number of Topliss-reactive ketones (excluding diaryl/α,β-unsaturated/α-hetero) is 1. The first-order chi connectivity index (χ1) is 12.6. The van der Waals surface area contributed by atoms with Crippen LogP contribution >= 0.6 is 0 Å². The van der Waals surface area contributed by atoms with Crippen LogP contribution in [0.5, 0.6) is 34.5 Å². The standard InChI is InChI=1S/C19H20O7/c1-22-12-8-6-5-7-10(12)13-9-11(20)14-15(21)17(23-2)19(25-4)18(24-3)16(14)26-13/h5-8,13,21H,9H2,1-4H3/t13-/m0/s1. The van der Waals surface area contributed by atoms with Gasteiger partial charge in [-0.25, -0.2) is 0 Å². The molecule has 2 aromatic rings. The van der Waals surface area contributed by atoms with Crippen molar-refractivity contribution in [1.82, 2.24) is 0 Å². The molecule has 0 amide bonds. The Labute approximate surface area is 151 Å². The first kappa shape index (κ1) is 17.7. The van der Waals surface area contributed by atoms with Crippen molar-refractivity contribution < 1.29 is 33.6 Å². The van der Waals surface area contributed by atoms with Gasteiger partial charge in [0, 0.05) is 5.56 Å². The number of ether oxygens (including phenoxy) is 5. The third kappa shape index (κ3) is 2.65. The minimum Gasteiger partial charge on any atom is -0.504 e. The molecule has 0 saturated heterocycles. The zero-order valence-electron chi connectivity index (χ0n) is 15.0. The molecule has 0 saturated carbocycles. The van der Waals surface area contributed by atoms with Crippen LogP contribution in [0.25, 0.3) is 0 Å². The number of carbonyl (C=O) groups excluding carboxylic acids is 1. The van der Waals surface area contributed by atoms with Crippen molar-refractivity contribution >= 4 is 5.78 Å². The van der Waals surface area contributed by atoms with E-state index in [0.717, 1.165) is 5.56 Å². The Morgan fingerprint density at radius 2 is 1.62 bits per heavy atom. The lowest BCUT2D eigenvalue weighted by molar-refractivity contribution is 0.0830. The molecule has 1 aliphatic heterocycles. The SMILES string of the molecule is COc1ccccc1[C@@H]1CC(=O)c2c(O)c(OC)c(OC)c(OC)c2O1. The number of hydrogen-bond acceptors (Lipinski definition) is 7. The van der Waals surface area contributed by atoms with E-state index in [1.54, 1.807) is 13.2 Å². The molecule has 0 aliphatic carbocycles. The highest BCUT2D eigenvalue weighted by atomic mass is 16.6. The maximum absolute atomic E-state index is 12.8. The molecule has 138 valence electrons. The predicted molar refractivity (Wildman–Crippen MR) is 93.1 cm³/mol. The molecule has 3 rings (SSSR count). The number of benzene rings is 2. The number of phenols is 1. The highest BCUT2D eigenvalue weighted by Gasteiger charge is 2.38. The van der Waals surface area contributed by atoms with E-state index >= 15 is 0 Å². The van der Waals surface area contributed by atoms with Crippen LogP contribution in [0.4, 0.5) is 0 Å². The molecule has 7 heteroatoms. The first-order valence-corrected chi connectivity index (χ1v) is 7.94. The molecule has 2 aromatic carbocycles. The van der Waals surface area contributed by atoms with Crippen LogP contribution in [0.1, 0.15) is 28.4 Å². The van der Waals surface area contributed by atoms with Crippen LogP contribution in [-0.4, -0.2) is 39.3 Å². The summed E-state index contributed by atoms with van der Waals surface area (Å²) in [6, 6.07) is 7.29. The second-order valence-corrected chi connectivity index (χ2v) is 5.63. The fraction of sp³-hybridized carbons (Fsp3) is 0.316. The van der Waals surface area contributed by atoms with Crippen molar-refractivity contribution in [2.75, 3.05) is 28.4 Å². The zero-order chi connectivity index (χ0) is 18.8. The topological polar surface area (TPSA) is 83.5 Å². The Hall–Kier alpha value is -3.09. The van der Waals surface area contributed by atoms with Crippen molar-refractivity contribution in [1.29, 1.82) is 0 Å². The van der Waals surface area contributed by atoms with E-state index in [1.165, 1.54) is 21.3 Å². The summed E-state index contributed by atoms with van der Waals surface area (Å²) in [6.45, 7) is 0. The van der Waals surface area contributed by atoms with Gasteiger partial charge in [-0.05, 0) is 6.07 Å². The number of carbonyl (C=O) groups is 1. The van der Waals surface area contributed by atoms with Gasteiger partial charge in [0.05, 0.1) is 34.9 Å². The lowest BCUT2D eigenvalue weighted by Crippen LogP contribution is -2.22. The van der Waals surface area contributed by atoms with E-state index in [4.69, 9.17) is 23.7 Å². The summed E-state index contributed by atoms with van der Waals surface area (Å²) in [5.74, 6) is 0.468. The molecule has 7 nitrogen and oxygen atoms in total. The van der Waals surface area contributed by atoms with Crippen LogP contribution in [0, 0.1) is 0 Å². The van der Waals surface area contributed by atoms with Crippen LogP contribution < -0.4 is 23.7 Å². The van der Waals surface area contributed by atoms with Gasteiger partial charge >= 0.3 is 0 Å². The molecular weight excluding hydrogens is 340 g/mol. The number of ketones is 1. The van der Waals surface area contributed by atoms with E-state index in [1.807, 2.05) is 18.2 Å². The van der Waals surface area contributed by atoms with Crippen molar-refractivity contribution in [3.63, 3.8) is 0 Å². The van der Waals surface area contributed by atoms with Crippen molar-refractivity contribution in [2.45, 2.75) is 12.5 Å². The van der Waals surface area contributed by atoms with Crippen LogP contribution in [0.15, 0.2) is 24.3 Å². The number of aromatic hydroxyl groups is 1. The van der Waals surface area contributed by atoms with Gasteiger partial charge in [0.15, 0.2) is 17.3 Å². The van der Waals surface area contributed by atoms with Gasteiger partial charge in [-0.15, -0.1) is 0 Å². The average Bonchev–Trinajstić information content (AvgIpc) is 2.66. The van der Waals surface area contributed by atoms with Crippen LogP contribution in [0.3, 0.4) is 0 Å². The number of para-hydroxylation sites is 1. The van der Waals surface area contributed by atoms with Gasteiger partial charge in [0.1, 0.15) is 17.4 Å². The minimum absolute atomic E-state index is 0.0191. The Bertz CT molecular complexity index is 844. The zero-order valence-corrected chi connectivity index (χ0v) is 15.0. The van der Waals surface area contributed by atoms with Gasteiger partial charge in [-0.1, -0.05) is 18.2 Å². The third-order valence-electron chi connectivity index (χ3n) is 4.31. The van der Waals surface area contributed by atoms with E-state index < -0.39 is 6.10 Å². The number of fused-ring (bicyclic) bond motifs is 1. The monoisotopic (exact) mass is 360 g/mol. The highest BCUT2D eigenvalue weighted by molar-refractivity contribution is 6.05. The summed E-state index contributed by atoms with van der Waals surface area (Å²) < 4.78 is 27.3. The maximum Gasteiger partial charge on any atom is 0.211 e. The maximum atomic E-state index is 12.8. The van der Waals surface area contributed by atoms with Gasteiger partial charge in [-0.2, -0.15) is 0 Å². The summed E-state index contributed by atoms with van der Waals surface area (Å²) in [5, 5.41) is 10.5. The molecule has 1 aliphatic rings. The summed E-state index contributed by atoms with van der Waals surface area (Å²) in [6.07, 6.45) is -0.544. The lowest BCUT2D eigenvalue weighted by atomic mass is 9.94. The number of hydrogen-bond donors (Lipinski definition) is 1. The lowest BCUT2D eigenvalue weighted by Gasteiger charge is -2.29. The second kappa shape index (κ2) is 7.03. The van der Waals surface area contributed by atoms with Gasteiger partial charge in [-0.3, -0.25) is 4.79 Å². The van der Waals surface area contributed by atoms with Gasteiger partial charge in [0.25, 0.3) is 0 Å². The minimum atomic E-state index is -0.586. The Morgan fingerprint density at radius 3 is 2.23 bits per heavy atom. The normalized spacial score (nSPS) is 15.7.